The number of quaternary nitrogens is 1. The first-order chi connectivity index (χ1) is 12.3. The highest BCUT2D eigenvalue weighted by molar-refractivity contribution is 6.19. The fourth-order valence-electron chi connectivity index (χ4n) is 2.53. The number of aromatic nitrogens is 1. The summed E-state index contributed by atoms with van der Waals surface area (Å²) in [4.78, 5) is 15.1. The van der Waals surface area contributed by atoms with E-state index in [0.717, 1.165) is 11.4 Å². The summed E-state index contributed by atoms with van der Waals surface area (Å²) in [5, 5.41) is 9.96. The Kier molecular flexibility index (Phi) is 4.47. The standard InChI is InChI=1S/C17H13F3N4O2/c18-17(19,20)8-24-12-5-13(16(22)25)23-6-10(12)15(21)11-7-26-14-4-2-1-3-9(11)14/h1-7,21H,8H2,(H2,22,25)(H,23,24)/p+1. The zero-order valence-electron chi connectivity index (χ0n) is 13.3. The SMILES string of the molecule is N=C(c1cnc(C(N)=O)cc1[NH2+]CC(F)(F)F)c1coc2ccccc12. The van der Waals surface area contributed by atoms with Crippen LogP contribution in [-0.2, 0) is 0 Å². The normalized spacial score (nSPS) is 11.7. The number of carbonyl (C=O) groups is 1. The van der Waals surface area contributed by atoms with Crippen molar-refractivity contribution in [2.75, 3.05) is 6.54 Å². The van der Waals surface area contributed by atoms with Gasteiger partial charge in [0.15, 0.2) is 6.54 Å². The maximum atomic E-state index is 12.6. The molecule has 2 aromatic heterocycles. The lowest BCUT2D eigenvalue weighted by Gasteiger charge is -2.10. The molecule has 2 heterocycles. The molecule has 0 spiro atoms. The van der Waals surface area contributed by atoms with Crippen LogP contribution < -0.4 is 11.1 Å². The summed E-state index contributed by atoms with van der Waals surface area (Å²) < 4.78 is 43.2. The van der Waals surface area contributed by atoms with E-state index in [1.54, 1.807) is 24.3 Å². The van der Waals surface area contributed by atoms with Gasteiger partial charge in [-0.2, -0.15) is 13.2 Å². The third-order valence-corrected chi connectivity index (χ3v) is 3.76. The van der Waals surface area contributed by atoms with E-state index in [1.807, 2.05) is 0 Å². The summed E-state index contributed by atoms with van der Waals surface area (Å²) in [5.41, 5.74) is 6.08. The Morgan fingerprint density at radius 1 is 1.27 bits per heavy atom. The van der Waals surface area contributed by atoms with Gasteiger partial charge in [0.05, 0.1) is 11.3 Å². The van der Waals surface area contributed by atoms with Gasteiger partial charge in [-0.3, -0.25) is 10.2 Å². The predicted octanol–water partition coefficient (Wildman–Crippen LogP) is 2.10. The molecule has 0 aliphatic rings. The number of pyridine rings is 1. The van der Waals surface area contributed by atoms with Crippen LogP contribution in [0.15, 0.2) is 47.2 Å². The first kappa shape index (κ1) is 17.6. The van der Waals surface area contributed by atoms with E-state index in [9.17, 15) is 18.0 Å². The molecule has 1 aromatic carbocycles. The van der Waals surface area contributed by atoms with Gasteiger partial charge in [-0.05, 0) is 6.07 Å². The Bertz CT molecular complexity index is 995. The van der Waals surface area contributed by atoms with Crippen LogP contribution in [0.3, 0.4) is 0 Å². The number of rotatable bonds is 5. The maximum absolute atomic E-state index is 12.6. The van der Waals surface area contributed by atoms with Gasteiger partial charge in [-0.15, -0.1) is 0 Å². The number of alkyl halides is 3. The van der Waals surface area contributed by atoms with Gasteiger partial charge in [0.25, 0.3) is 5.91 Å². The van der Waals surface area contributed by atoms with Gasteiger partial charge < -0.3 is 15.5 Å². The Morgan fingerprint density at radius 2 is 2.00 bits per heavy atom. The molecule has 3 rings (SSSR count). The zero-order chi connectivity index (χ0) is 18.9. The molecule has 0 atom stereocenters. The van der Waals surface area contributed by atoms with Crippen molar-refractivity contribution in [3.05, 3.63) is 59.6 Å². The van der Waals surface area contributed by atoms with Crippen LogP contribution in [0.2, 0.25) is 0 Å². The van der Waals surface area contributed by atoms with Gasteiger partial charge in [0, 0.05) is 23.2 Å². The number of nitrogens with zero attached hydrogens (tertiary/aromatic N) is 1. The summed E-state index contributed by atoms with van der Waals surface area (Å²) in [6, 6.07) is 8.15. The van der Waals surface area contributed by atoms with Gasteiger partial charge in [-0.1, -0.05) is 18.2 Å². The number of amides is 1. The maximum Gasteiger partial charge on any atom is 0.438 e. The molecular weight excluding hydrogens is 349 g/mol. The molecule has 26 heavy (non-hydrogen) atoms. The van der Waals surface area contributed by atoms with Crippen LogP contribution in [0.5, 0.6) is 0 Å². The molecule has 5 N–H and O–H groups in total. The molecule has 3 aromatic rings. The van der Waals surface area contributed by atoms with Gasteiger partial charge in [0.1, 0.15) is 23.2 Å². The summed E-state index contributed by atoms with van der Waals surface area (Å²) in [7, 11) is 0. The van der Waals surface area contributed by atoms with Crippen molar-refractivity contribution in [3.63, 3.8) is 0 Å². The van der Waals surface area contributed by atoms with E-state index in [2.05, 4.69) is 4.98 Å². The van der Waals surface area contributed by atoms with Gasteiger partial charge >= 0.3 is 6.18 Å². The Balaban J connectivity index is 2.05. The monoisotopic (exact) mass is 363 g/mol. The minimum atomic E-state index is -4.42. The predicted molar refractivity (Wildman–Crippen MR) is 87.4 cm³/mol. The Morgan fingerprint density at radius 3 is 2.69 bits per heavy atom. The molecule has 0 fully saturated rings. The molecule has 9 heteroatoms. The number of fused-ring (bicyclic) bond motifs is 1. The van der Waals surface area contributed by atoms with Crippen molar-refractivity contribution in [1.82, 2.24) is 4.98 Å². The zero-order valence-corrected chi connectivity index (χ0v) is 13.3. The highest BCUT2D eigenvalue weighted by atomic mass is 19.4. The third kappa shape index (κ3) is 3.57. The molecule has 0 aliphatic heterocycles. The number of para-hydroxylation sites is 1. The number of nitrogens with one attached hydrogen (secondary N) is 1. The van der Waals surface area contributed by atoms with E-state index < -0.39 is 18.6 Å². The highest BCUT2D eigenvalue weighted by Gasteiger charge is 2.31. The Hall–Kier alpha value is -3.20. The molecule has 0 saturated carbocycles. The van der Waals surface area contributed by atoms with Crippen LogP contribution in [0.1, 0.15) is 21.6 Å². The number of halogens is 3. The number of nitrogens with two attached hydrogens (primary N) is 2. The third-order valence-electron chi connectivity index (χ3n) is 3.76. The number of furan rings is 1. The average molecular weight is 363 g/mol. The van der Waals surface area contributed by atoms with Crippen molar-refractivity contribution < 1.29 is 27.7 Å². The number of hydrogen-bond acceptors (Lipinski definition) is 4. The van der Waals surface area contributed by atoms with E-state index in [-0.39, 0.29) is 22.7 Å². The van der Waals surface area contributed by atoms with Crippen LogP contribution in [0.4, 0.5) is 18.9 Å². The minimum Gasteiger partial charge on any atom is -0.464 e. The number of benzene rings is 1. The summed E-state index contributed by atoms with van der Waals surface area (Å²) in [5.74, 6) is -0.862. The van der Waals surface area contributed by atoms with E-state index in [4.69, 9.17) is 15.6 Å². The Labute approximate surface area is 145 Å². The molecule has 134 valence electrons. The van der Waals surface area contributed by atoms with Crippen molar-refractivity contribution in [2.45, 2.75) is 6.18 Å². The van der Waals surface area contributed by atoms with Crippen molar-refractivity contribution in [3.8, 4) is 0 Å². The van der Waals surface area contributed by atoms with Crippen LogP contribution in [0, 0.1) is 5.41 Å². The molecule has 0 aliphatic carbocycles. The second kappa shape index (κ2) is 6.60. The lowest BCUT2D eigenvalue weighted by atomic mass is 10.0. The summed E-state index contributed by atoms with van der Waals surface area (Å²) in [6.45, 7) is -1.21. The van der Waals surface area contributed by atoms with E-state index in [1.165, 1.54) is 12.5 Å². The molecular formula is C17H14F3N4O2+. The van der Waals surface area contributed by atoms with Crippen LogP contribution in [-0.4, -0.2) is 29.3 Å². The largest absolute Gasteiger partial charge is 0.464 e. The molecule has 0 unspecified atom stereocenters. The lowest BCUT2D eigenvalue weighted by Crippen LogP contribution is -2.81. The fraction of sp³-hybridized carbons (Fsp3) is 0.118. The fourth-order valence-corrected chi connectivity index (χ4v) is 2.53. The summed E-state index contributed by atoms with van der Waals surface area (Å²) in [6.07, 6.45) is -1.88. The smallest absolute Gasteiger partial charge is 0.438 e. The van der Waals surface area contributed by atoms with Crippen molar-refractivity contribution in [2.24, 2.45) is 5.73 Å². The summed E-state index contributed by atoms with van der Waals surface area (Å²) >= 11 is 0. The van der Waals surface area contributed by atoms with E-state index in [0.29, 0.717) is 16.5 Å². The van der Waals surface area contributed by atoms with E-state index >= 15 is 0 Å². The molecule has 6 nitrogen and oxygen atoms in total. The average Bonchev–Trinajstić information content (AvgIpc) is 3.02. The minimum absolute atomic E-state index is 0.0569. The first-order valence-corrected chi connectivity index (χ1v) is 7.51. The van der Waals surface area contributed by atoms with Gasteiger partial charge in [-0.25, -0.2) is 4.98 Å². The van der Waals surface area contributed by atoms with Gasteiger partial charge in [0.2, 0.25) is 0 Å². The van der Waals surface area contributed by atoms with Crippen LogP contribution >= 0.6 is 0 Å². The number of carbonyl (C=O) groups excluding carboxylic acids is 1. The second-order valence-electron chi connectivity index (χ2n) is 5.57. The molecule has 0 saturated heterocycles. The molecule has 1 amide bonds. The first-order valence-electron chi connectivity index (χ1n) is 7.51. The number of primary amides is 1. The van der Waals surface area contributed by atoms with Crippen LogP contribution in [0.25, 0.3) is 11.0 Å². The van der Waals surface area contributed by atoms with Crippen molar-refractivity contribution >= 4 is 28.3 Å². The lowest BCUT2D eigenvalue weighted by molar-refractivity contribution is -0.600. The quantitative estimate of drug-likeness (QED) is 0.604. The highest BCUT2D eigenvalue weighted by Crippen LogP contribution is 2.25. The molecule has 0 radical (unpaired) electrons. The van der Waals surface area contributed by atoms with Crippen molar-refractivity contribution in [1.29, 1.82) is 5.41 Å². The molecule has 0 bridgehead atoms. The second-order valence-corrected chi connectivity index (χ2v) is 5.57. The number of hydrogen-bond donors (Lipinski definition) is 3. The topological polar surface area (TPSA) is 110 Å².